The number of halogens is 1. The molecule has 0 radical (unpaired) electrons. The summed E-state index contributed by atoms with van der Waals surface area (Å²) in [6.45, 7) is 6.49. The standard InChI is InChI=1S/C15H20BrN3O/c1-2-20-15-4-3-12(16)11-13(15)14(5-6-17)19-9-7-18-8-10-19/h3-4,11,14,18H,2,5,7-10H2,1H3/t14-/m1/s1. The molecular formula is C15H20BrN3O. The van der Waals surface area contributed by atoms with Gasteiger partial charge in [-0.15, -0.1) is 0 Å². The van der Waals surface area contributed by atoms with Crippen molar-refractivity contribution in [1.82, 2.24) is 10.2 Å². The van der Waals surface area contributed by atoms with Gasteiger partial charge in [-0.2, -0.15) is 5.26 Å². The zero-order valence-corrected chi connectivity index (χ0v) is 13.3. The second kappa shape index (κ2) is 7.63. The van der Waals surface area contributed by atoms with Gasteiger partial charge in [-0.05, 0) is 25.1 Å². The van der Waals surface area contributed by atoms with Crippen molar-refractivity contribution in [1.29, 1.82) is 5.26 Å². The second-order valence-corrected chi connectivity index (χ2v) is 5.69. The number of rotatable bonds is 5. The molecule has 0 unspecified atom stereocenters. The Bertz CT molecular complexity index is 480. The van der Waals surface area contributed by atoms with Crippen molar-refractivity contribution in [2.45, 2.75) is 19.4 Å². The molecule has 5 heteroatoms. The molecule has 1 aliphatic rings. The predicted molar refractivity (Wildman–Crippen MR) is 82.7 cm³/mol. The maximum Gasteiger partial charge on any atom is 0.124 e. The van der Waals surface area contributed by atoms with Crippen LogP contribution in [0.15, 0.2) is 22.7 Å². The van der Waals surface area contributed by atoms with Gasteiger partial charge in [0.2, 0.25) is 0 Å². The monoisotopic (exact) mass is 337 g/mol. The van der Waals surface area contributed by atoms with Crippen molar-refractivity contribution in [3.8, 4) is 11.8 Å². The van der Waals surface area contributed by atoms with Crippen molar-refractivity contribution < 1.29 is 4.74 Å². The van der Waals surface area contributed by atoms with Gasteiger partial charge >= 0.3 is 0 Å². The van der Waals surface area contributed by atoms with Crippen LogP contribution in [0.5, 0.6) is 5.75 Å². The van der Waals surface area contributed by atoms with E-state index in [-0.39, 0.29) is 6.04 Å². The molecule has 0 bridgehead atoms. The minimum atomic E-state index is 0.0983. The second-order valence-electron chi connectivity index (χ2n) is 4.78. The summed E-state index contributed by atoms with van der Waals surface area (Å²) in [6, 6.07) is 8.46. The number of hydrogen-bond acceptors (Lipinski definition) is 4. The molecule has 0 saturated carbocycles. The van der Waals surface area contributed by atoms with Gasteiger partial charge < -0.3 is 10.1 Å². The minimum Gasteiger partial charge on any atom is -0.494 e. The molecule has 0 aliphatic carbocycles. The molecule has 1 aromatic rings. The van der Waals surface area contributed by atoms with Crippen molar-refractivity contribution in [2.24, 2.45) is 0 Å². The molecule has 1 heterocycles. The Labute approximate surface area is 128 Å². The molecule has 1 fully saturated rings. The van der Waals surface area contributed by atoms with Gasteiger partial charge in [0.25, 0.3) is 0 Å². The third kappa shape index (κ3) is 3.72. The largest absolute Gasteiger partial charge is 0.494 e. The lowest BCUT2D eigenvalue weighted by molar-refractivity contribution is 0.171. The smallest absolute Gasteiger partial charge is 0.124 e. The molecule has 0 amide bonds. The Hall–Kier alpha value is -1.09. The summed E-state index contributed by atoms with van der Waals surface area (Å²) in [5.41, 5.74) is 1.10. The van der Waals surface area contributed by atoms with Crippen molar-refractivity contribution >= 4 is 15.9 Å². The van der Waals surface area contributed by atoms with E-state index in [2.05, 4.69) is 38.3 Å². The number of benzene rings is 1. The first kappa shape index (κ1) is 15.3. The SMILES string of the molecule is CCOc1ccc(Br)cc1[C@@H](CC#N)N1CCNCC1. The number of ether oxygens (including phenoxy) is 1. The Morgan fingerprint density at radius 2 is 2.20 bits per heavy atom. The molecule has 1 aromatic carbocycles. The highest BCUT2D eigenvalue weighted by molar-refractivity contribution is 9.10. The summed E-state index contributed by atoms with van der Waals surface area (Å²) >= 11 is 3.52. The molecule has 1 atom stereocenters. The Morgan fingerprint density at radius 3 is 2.85 bits per heavy atom. The summed E-state index contributed by atoms with van der Waals surface area (Å²) in [5.74, 6) is 0.884. The van der Waals surface area contributed by atoms with Gasteiger partial charge in [-0.25, -0.2) is 0 Å². The summed E-state index contributed by atoms with van der Waals surface area (Å²) in [6.07, 6.45) is 0.483. The van der Waals surface area contributed by atoms with Gasteiger partial charge in [-0.1, -0.05) is 15.9 Å². The quantitative estimate of drug-likeness (QED) is 0.897. The first-order valence-corrected chi connectivity index (χ1v) is 7.79. The third-order valence-electron chi connectivity index (χ3n) is 3.51. The molecule has 1 aliphatic heterocycles. The molecule has 108 valence electrons. The summed E-state index contributed by atoms with van der Waals surface area (Å²) in [5, 5.41) is 12.5. The van der Waals surface area contributed by atoms with Crippen LogP contribution in [0.4, 0.5) is 0 Å². The van der Waals surface area contributed by atoms with E-state index in [1.807, 2.05) is 19.1 Å². The molecule has 0 aromatic heterocycles. The average molecular weight is 338 g/mol. The van der Waals surface area contributed by atoms with Gasteiger partial charge in [0.1, 0.15) is 5.75 Å². The molecule has 4 nitrogen and oxygen atoms in total. The van der Waals surface area contributed by atoms with E-state index in [0.29, 0.717) is 13.0 Å². The lowest BCUT2D eigenvalue weighted by atomic mass is 10.0. The van der Waals surface area contributed by atoms with Crippen LogP contribution < -0.4 is 10.1 Å². The van der Waals surface area contributed by atoms with E-state index in [0.717, 1.165) is 42.0 Å². The normalized spacial score (nSPS) is 17.4. The van der Waals surface area contributed by atoms with Gasteiger partial charge in [-0.3, -0.25) is 4.90 Å². The van der Waals surface area contributed by atoms with Crippen LogP contribution in [-0.2, 0) is 0 Å². The zero-order chi connectivity index (χ0) is 14.4. The Kier molecular flexibility index (Phi) is 5.84. The fraction of sp³-hybridized carbons (Fsp3) is 0.533. The molecule has 2 rings (SSSR count). The van der Waals surface area contributed by atoms with Gasteiger partial charge in [0, 0.05) is 36.2 Å². The summed E-state index contributed by atoms with van der Waals surface area (Å²) < 4.78 is 6.76. The highest BCUT2D eigenvalue weighted by Gasteiger charge is 2.25. The fourth-order valence-electron chi connectivity index (χ4n) is 2.58. The van der Waals surface area contributed by atoms with Crippen LogP contribution in [-0.4, -0.2) is 37.7 Å². The first-order valence-electron chi connectivity index (χ1n) is 7.00. The fourth-order valence-corrected chi connectivity index (χ4v) is 2.96. The first-order chi connectivity index (χ1) is 9.76. The lowest BCUT2D eigenvalue weighted by Gasteiger charge is -2.34. The predicted octanol–water partition coefficient (Wildman–Crippen LogP) is 2.71. The van der Waals surface area contributed by atoms with E-state index >= 15 is 0 Å². The maximum atomic E-state index is 9.17. The van der Waals surface area contributed by atoms with Crippen LogP contribution in [0, 0.1) is 11.3 Å². The number of nitrogens with one attached hydrogen (secondary N) is 1. The Balaban J connectivity index is 2.31. The van der Waals surface area contributed by atoms with Crippen molar-refractivity contribution in [3.05, 3.63) is 28.2 Å². The lowest BCUT2D eigenvalue weighted by Crippen LogP contribution is -2.45. The van der Waals surface area contributed by atoms with E-state index in [1.54, 1.807) is 0 Å². The van der Waals surface area contributed by atoms with Gasteiger partial charge in [0.05, 0.1) is 25.1 Å². The number of hydrogen-bond donors (Lipinski definition) is 1. The number of nitrogens with zero attached hydrogens (tertiary/aromatic N) is 2. The van der Waals surface area contributed by atoms with E-state index in [4.69, 9.17) is 4.74 Å². The van der Waals surface area contributed by atoms with Crippen molar-refractivity contribution in [2.75, 3.05) is 32.8 Å². The summed E-state index contributed by atoms with van der Waals surface area (Å²) in [7, 11) is 0. The Morgan fingerprint density at radius 1 is 1.45 bits per heavy atom. The molecule has 1 saturated heterocycles. The molecule has 0 spiro atoms. The molecular weight excluding hydrogens is 318 g/mol. The average Bonchev–Trinajstić information content (AvgIpc) is 2.48. The van der Waals surface area contributed by atoms with Gasteiger partial charge in [0.15, 0.2) is 0 Å². The highest BCUT2D eigenvalue weighted by Crippen LogP contribution is 2.34. The highest BCUT2D eigenvalue weighted by atomic mass is 79.9. The van der Waals surface area contributed by atoms with Crippen molar-refractivity contribution in [3.63, 3.8) is 0 Å². The van der Waals surface area contributed by atoms with E-state index in [1.165, 1.54) is 0 Å². The molecule has 1 N–H and O–H groups in total. The van der Waals surface area contributed by atoms with E-state index < -0.39 is 0 Å². The van der Waals surface area contributed by atoms with E-state index in [9.17, 15) is 5.26 Å². The number of piperazine rings is 1. The maximum absolute atomic E-state index is 9.17. The van der Waals surface area contributed by atoms with Crippen LogP contribution in [0.25, 0.3) is 0 Å². The van der Waals surface area contributed by atoms with Crippen LogP contribution >= 0.6 is 15.9 Å². The zero-order valence-electron chi connectivity index (χ0n) is 11.7. The summed E-state index contributed by atoms with van der Waals surface area (Å²) in [4.78, 5) is 2.37. The van der Waals surface area contributed by atoms with Crippen LogP contribution in [0.3, 0.4) is 0 Å². The minimum absolute atomic E-state index is 0.0983. The number of nitriles is 1. The van der Waals surface area contributed by atoms with Crippen LogP contribution in [0.2, 0.25) is 0 Å². The topological polar surface area (TPSA) is 48.3 Å². The van der Waals surface area contributed by atoms with Crippen LogP contribution in [0.1, 0.15) is 24.9 Å². The third-order valence-corrected chi connectivity index (χ3v) is 4.00. The molecule has 20 heavy (non-hydrogen) atoms.